The summed E-state index contributed by atoms with van der Waals surface area (Å²) in [4.78, 5) is 13.3. The Balaban J connectivity index is 1.58. The first kappa shape index (κ1) is 20.4. The van der Waals surface area contributed by atoms with Crippen LogP contribution in [-0.4, -0.2) is 11.1 Å². The molecule has 31 heavy (non-hydrogen) atoms. The molecule has 0 saturated carbocycles. The number of para-hydroxylation sites is 1. The highest BCUT2D eigenvalue weighted by Crippen LogP contribution is 2.25. The van der Waals surface area contributed by atoms with Crippen molar-refractivity contribution in [2.45, 2.75) is 26.5 Å². The van der Waals surface area contributed by atoms with Crippen molar-refractivity contribution >= 4 is 5.91 Å². The number of nitrogens with zero attached hydrogens (tertiary/aromatic N) is 1. The van der Waals surface area contributed by atoms with E-state index in [4.69, 9.17) is 9.26 Å². The summed E-state index contributed by atoms with van der Waals surface area (Å²) >= 11 is 0. The Labute approximate surface area is 181 Å². The van der Waals surface area contributed by atoms with Gasteiger partial charge in [0.2, 0.25) is 0 Å². The van der Waals surface area contributed by atoms with Crippen LogP contribution in [0.5, 0.6) is 5.75 Å². The van der Waals surface area contributed by atoms with Crippen LogP contribution in [0.1, 0.15) is 44.5 Å². The summed E-state index contributed by atoms with van der Waals surface area (Å²) < 4.78 is 11.2. The smallest absolute Gasteiger partial charge is 0.255 e. The minimum Gasteiger partial charge on any atom is -0.488 e. The van der Waals surface area contributed by atoms with Crippen LogP contribution in [0.3, 0.4) is 0 Å². The third-order valence-corrected chi connectivity index (χ3v) is 5.23. The molecular formula is C26H24N2O3. The summed E-state index contributed by atoms with van der Waals surface area (Å²) in [7, 11) is 0. The lowest BCUT2D eigenvalue weighted by molar-refractivity contribution is 0.0938. The van der Waals surface area contributed by atoms with Crippen molar-refractivity contribution < 1.29 is 14.1 Å². The molecule has 0 saturated heterocycles. The van der Waals surface area contributed by atoms with Crippen molar-refractivity contribution in [3.05, 3.63) is 119 Å². The van der Waals surface area contributed by atoms with Gasteiger partial charge >= 0.3 is 0 Å². The second-order valence-electron chi connectivity index (χ2n) is 7.32. The standard InChI is InChI=1S/C26H24N2O3/c1-18-23(19(2)31-28-18)17-30-24-16-10-9-15-22(24)26(29)27-25(20-11-5-3-6-12-20)21-13-7-4-8-14-21/h3-16,25H,17H2,1-2H3,(H,27,29). The van der Waals surface area contributed by atoms with Crippen molar-refractivity contribution in [1.82, 2.24) is 10.5 Å². The van der Waals surface area contributed by atoms with E-state index in [1.807, 2.05) is 86.6 Å². The van der Waals surface area contributed by atoms with Crippen LogP contribution >= 0.6 is 0 Å². The van der Waals surface area contributed by atoms with E-state index in [0.717, 1.165) is 22.4 Å². The molecule has 4 rings (SSSR count). The monoisotopic (exact) mass is 412 g/mol. The number of benzene rings is 3. The Kier molecular flexibility index (Phi) is 6.13. The van der Waals surface area contributed by atoms with Gasteiger partial charge in [0.25, 0.3) is 5.91 Å². The van der Waals surface area contributed by atoms with Gasteiger partial charge in [-0.15, -0.1) is 0 Å². The van der Waals surface area contributed by atoms with Gasteiger partial charge in [0.15, 0.2) is 0 Å². The lowest BCUT2D eigenvalue weighted by Gasteiger charge is -2.21. The minimum atomic E-state index is -0.273. The first-order chi connectivity index (χ1) is 15.1. The molecule has 4 aromatic rings. The zero-order valence-corrected chi connectivity index (χ0v) is 17.5. The molecule has 1 aromatic heterocycles. The average molecular weight is 412 g/mol. The predicted octanol–water partition coefficient (Wildman–Crippen LogP) is 5.39. The number of aryl methyl sites for hydroxylation is 2. The lowest BCUT2D eigenvalue weighted by Crippen LogP contribution is -2.29. The maximum atomic E-state index is 13.3. The van der Waals surface area contributed by atoms with Crippen molar-refractivity contribution in [2.24, 2.45) is 0 Å². The van der Waals surface area contributed by atoms with Crippen molar-refractivity contribution in [2.75, 3.05) is 0 Å². The van der Waals surface area contributed by atoms with Gasteiger partial charge in [-0.2, -0.15) is 0 Å². The lowest BCUT2D eigenvalue weighted by atomic mass is 9.98. The molecule has 1 heterocycles. The van der Waals surface area contributed by atoms with E-state index in [0.29, 0.717) is 17.1 Å². The molecular weight excluding hydrogens is 388 g/mol. The Morgan fingerprint density at radius 2 is 1.48 bits per heavy atom. The summed E-state index contributed by atoms with van der Waals surface area (Å²) in [6, 6.07) is 26.8. The number of carbonyl (C=O) groups excluding carboxylic acids is 1. The maximum absolute atomic E-state index is 13.3. The number of amides is 1. The Morgan fingerprint density at radius 3 is 2.06 bits per heavy atom. The number of carbonyl (C=O) groups is 1. The highest BCUT2D eigenvalue weighted by molar-refractivity contribution is 5.97. The van der Waals surface area contributed by atoms with Crippen LogP contribution in [-0.2, 0) is 6.61 Å². The van der Waals surface area contributed by atoms with Crippen molar-refractivity contribution in [1.29, 1.82) is 0 Å². The van der Waals surface area contributed by atoms with E-state index in [2.05, 4.69) is 10.5 Å². The van der Waals surface area contributed by atoms with Gasteiger partial charge in [-0.3, -0.25) is 4.79 Å². The summed E-state index contributed by atoms with van der Waals surface area (Å²) in [6.07, 6.45) is 0. The molecule has 0 unspecified atom stereocenters. The number of nitrogens with one attached hydrogen (secondary N) is 1. The molecule has 156 valence electrons. The third-order valence-electron chi connectivity index (χ3n) is 5.23. The van der Waals surface area contributed by atoms with Crippen molar-refractivity contribution in [3.8, 4) is 5.75 Å². The van der Waals surface area contributed by atoms with Crippen LogP contribution < -0.4 is 10.1 Å². The number of hydrogen-bond acceptors (Lipinski definition) is 4. The SMILES string of the molecule is Cc1noc(C)c1COc1ccccc1C(=O)NC(c1ccccc1)c1ccccc1. The summed E-state index contributed by atoms with van der Waals surface area (Å²) in [5.41, 5.74) is 4.17. The van der Waals surface area contributed by atoms with Gasteiger partial charge in [-0.25, -0.2) is 0 Å². The molecule has 3 aromatic carbocycles. The Morgan fingerprint density at radius 1 is 0.903 bits per heavy atom. The molecule has 5 heteroatoms. The minimum absolute atomic E-state index is 0.202. The fourth-order valence-electron chi connectivity index (χ4n) is 3.50. The summed E-state index contributed by atoms with van der Waals surface area (Å²) in [5.74, 6) is 1.03. The molecule has 0 spiro atoms. The van der Waals surface area contributed by atoms with Gasteiger partial charge in [0.1, 0.15) is 18.1 Å². The van der Waals surface area contributed by atoms with Crippen molar-refractivity contribution in [3.63, 3.8) is 0 Å². The molecule has 0 radical (unpaired) electrons. The van der Waals surface area contributed by atoms with E-state index in [1.54, 1.807) is 12.1 Å². The van der Waals surface area contributed by atoms with Gasteiger partial charge in [0.05, 0.1) is 22.9 Å². The largest absolute Gasteiger partial charge is 0.488 e. The van der Waals surface area contributed by atoms with Gasteiger partial charge in [-0.1, -0.05) is 78.0 Å². The molecule has 1 amide bonds. The van der Waals surface area contributed by atoms with Gasteiger partial charge in [-0.05, 0) is 37.1 Å². The molecule has 0 atom stereocenters. The second kappa shape index (κ2) is 9.30. The predicted molar refractivity (Wildman–Crippen MR) is 119 cm³/mol. The molecule has 0 aliphatic carbocycles. The maximum Gasteiger partial charge on any atom is 0.255 e. The third kappa shape index (κ3) is 4.67. The average Bonchev–Trinajstić information content (AvgIpc) is 3.14. The van der Waals surface area contributed by atoms with Crippen LogP contribution in [0.15, 0.2) is 89.5 Å². The van der Waals surface area contributed by atoms with Gasteiger partial charge in [0, 0.05) is 0 Å². The topological polar surface area (TPSA) is 64.4 Å². The van der Waals surface area contributed by atoms with Crippen LogP contribution in [0, 0.1) is 13.8 Å². The number of aromatic nitrogens is 1. The molecule has 0 aliphatic rings. The normalized spacial score (nSPS) is 10.8. The van der Waals surface area contributed by atoms with E-state index < -0.39 is 0 Å². The number of hydrogen-bond donors (Lipinski definition) is 1. The highest BCUT2D eigenvalue weighted by atomic mass is 16.5. The highest BCUT2D eigenvalue weighted by Gasteiger charge is 2.20. The van der Waals surface area contributed by atoms with E-state index >= 15 is 0 Å². The molecule has 0 fully saturated rings. The zero-order chi connectivity index (χ0) is 21.6. The number of ether oxygens (including phenoxy) is 1. The van der Waals surface area contributed by atoms with E-state index in [1.165, 1.54) is 0 Å². The van der Waals surface area contributed by atoms with Crippen LogP contribution in [0.2, 0.25) is 0 Å². The zero-order valence-electron chi connectivity index (χ0n) is 17.5. The Hall–Kier alpha value is -3.86. The van der Waals surface area contributed by atoms with E-state index in [9.17, 15) is 4.79 Å². The summed E-state index contributed by atoms with van der Waals surface area (Å²) in [6.45, 7) is 4.01. The fraction of sp³-hybridized carbons (Fsp3) is 0.154. The molecule has 1 N–H and O–H groups in total. The quantitative estimate of drug-likeness (QED) is 0.442. The fourth-order valence-corrected chi connectivity index (χ4v) is 3.50. The second-order valence-corrected chi connectivity index (χ2v) is 7.32. The molecule has 0 bridgehead atoms. The van der Waals surface area contributed by atoms with Crippen LogP contribution in [0.4, 0.5) is 0 Å². The first-order valence-electron chi connectivity index (χ1n) is 10.2. The molecule has 5 nitrogen and oxygen atoms in total. The molecule has 0 aliphatic heterocycles. The summed E-state index contributed by atoms with van der Waals surface area (Å²) in [5, 5.41) is 7.13. The van der Waals surface area contributed by atoms with E-state index in [-0.39, 0.29) is 18.6 Å². The number of rotatable bonds is 7. The van der Waals surface area contributed by atoms with Crippen LogP contribution in [0.25, 0.3) is 0 Å². The van der Waals surface area contributed by atoms with Gasteiger partial charge < -0.3 is 14.6 Å². The first-order valence-corrected chi connectivity index (χ1v) is 10.2. The Bertz CT molecular complexity index is 1090.